The van der Waals surface area contributed by atoms with Gasteiger partial charge in [0.1, 0.15) is 0 Å². The van der Waals surface area contributed by atoms with Crippen molar-refractivity contribution in [3.8, 4) is 0 Å². The van der Waals surface area contributed by atoms with Crippen LogP contribution in [0.5, 0.6) is 0 Å². The van der Waals surface area contributed by atoms with Crippen molar-refractivity contribution in [2.24, 2.45) is 10.8 Å². The van der Waals surface area contributed by atoms with E-state index in [0.717, 1.165) is 0 Å². The van der Waals surface area contributed by atoms with E-state index in [1.165, 1.54) is 0 Å². The fraction of sp³-hybridized carbons (Fsp3) is 0.533. The second kappa shape index (κ2) is 10.2. The largest absolute Gasteiger partial charge is 3.00 e. The van der Waals surface area contributed by atoms with Crippen LogP contribution in [0.2, 0.25) is 0 Å². The molecule has 0 nitrogen and oxygen atoms in total. The first kappa shape index (κ1) is 21.4. The molecule has 0 aromatic heterocycles. The van der Waals surface area contributed by atoms with E-state index < -0.39 is 0 Å². The van der Waals surface area contributed by atoms with Gasteiger partial charge >= 0.3 is 21.7 Å². The Morgan fingerprint density at radius 1 is 0.750 bits per heavy atom. The zero-order chi connectivity index (χ0) is 12.5. The zero-order valence-electron chi connectivity index (χ0n) is 11.8. The van der Waals surface area contributed by atoms with Crippen LogP contribution >= 0.6 is 0 Å². The van der Waals surface area contributed by atoms with Crippen molar-refractivity contribution < 1.29 is 21.7 Å². The fourth-order valence-electron chi connectivity index (χ4n) is 0.321. The van der Waals surface area contributed by atoms with Gasteiger partial charge in [0.25, 0.3) is 0 Å². The Labute approximate surface area is 118 Å². The smallest absolute Gasteiger partial charge is 0.338 e. The molecular weight excluding hydrogens is 228 g/mol. The van der Waals surface area contributed by atoms with Gasteiger partial charge in [-0.25, -0.2) is 12.1 Å². The van der Waals surface area contributed by atoms with Gasteiger partial charge in [0.05, 0.1) is 0 Å². The van der Waals surface area contributed by atoms with Gasteiger partial charge < -0.3 is 13.8 Å². The molecule has 0 fully saturated rings. The van der Waals surface area contributed by atoms with Crippen LogP contribution in [0.1, 0.15) is 41.5 Å². The molecule has 0 saturated heterocycles. The van der Waals surface area contributed by atoms with Gasteiger partial charge in [-0.2, -0.15) is 29.0 Å². The van der Waals surface area contributed by atoms with Gasteiger partial charge in [-0.1, -0.05) is 41.5 Å². The van der Waals surface area contributed by atoms with Gasteiger partial charge in [-0.3, -0.25) is 0 Å². The molecule has 1 aromatic carbocycles. The van der Waals surface area contributed by atoms with E-state index in [1.54, 1.807) is 0 Å². The Balaban J connectivity index is -0.000000154. The van der Waals surface area contributed by atoms with Crippen molar-refractivity contribution in [1.82, 2.24) is 0 Å². The van der Waals surface area contributed by atoms with Crippen LogP contribution in [0.3, 0.4) is 0 Å². The van der Waals surface area contributed by atoms with E-state index in [1.807, 2.05) is 30.3 Å². The standard InChI is InChI=1S/C5H5.2C5H11.Ti/c1-2-4-5-3-1;2*1-5(2,3)4;/h1-5H;2*1H2,2-4H3;/q3*-1;+3. The number of rotatable bonds is 0. The van der Waals surface area contributed by atoms with Gasteiger partial charge in [0.2, 0.25) is 0 Å². The molecule has 0 atom stereocenters. The third-order valence-corrected chi connectivity index (χ3v) is 0.556. The summed E-state index contributed by atoms with van der Waals surface area (Å²) in [6, 6.07) is 10.0. The van der Waals surface area contributed by atoms with Crippen LogP contribution < -0.4 is 0 Å². The Kier molecular flexibility index (Phi) is 13.7. The third-order valence-electron chi connectivity index (χ3n) is 0.556. The molecule has 0 unspecified atom stereocenters. The van der Waals surface area contributed by atoms with Crippen LogP contribution in [0, 0.1) is 24.7 Å². The van der Waals surface area contributed by atoms with Gasteiger partial charge in [0, 0.05) is 0 Å². The summed E-state index contributed by atoms with van der Waals surface area (Å²) in [6.45, 7) is 20.0. The Morgan fingerprint density at radius 3 is 1.00 bits per heavy atom. The zero-order valence-corrected chi connectivity index (χ0v) is 13.4. The van der Waals surface area contributed by atoms with E-state index in [9.17, 15) is 0 Å². The molecule has 0 bridgehead atoms. The molecule has 1 aromatic rings. The predicted molar refractivity (Wildman–Crippen MR) is 71.7 cm³/mol. The normalized spacial score (nSPS) is 10.0. The SMILES string of the molecule is [CH2-]C(C)(C)C.[CH2-]C(C)(C)C.[Ti+3].c1cc[cH-]c1. The molecule has 1 rings (SSSR count). The maximum absolute atomic E-state index is 3.77. The van der Waals surface area contributed by atoms with Crippen LogP contribution in [0.25, 0.3) is 0 Å². The second-order valence-corrected chi connectivity index (χ2v) is 6.08. The summed E-state index contributed by atoms with van der Waals surface area (Å²) in [7, 11) is 0. The minimum absolute atomic E-state index is 0. The molecule has 0 saturated carbocycles. The van der Waals surface area contributed by atoms with E-state index in [0.29, 0.717) is 0 Å². The van der Waals surface area contributed by atoms with Crippen LogP contribution in [-0.4, -0.2) is 0 Å². The Morgan fingerprint density at radius 2 is 0.938 bits per heavy atom. The van der Waals surface area contributed by atoms with E-state index in [-0.39, 0.29) is 32.5 Å². The molecule has 0 N–H and O–H groups in total. The molecule has 0 amide bonds. The van der Waals surface area contributed by atoms with Crippen LogP contribution in [0.15, 0.2) is 30.3 Å². The topological polar surface area (TPSA) is 0 Å². The summed E-state index contributed by atoms with van der Waals surface area (Å²) in [4.78, 5) is 0. The minimum atomic E-state index is 0. The first-order valence-electron chi connectivity index (χ1n) is 5.37. The van der Waals surface area contributed by atoms with Crippen molar-refractivity contribution in [1.29, 1.82) is 0 Å². The van der Waals surface area contributed by atoms with Crippen molar-refractivity contribution in [2.45, 2.75) is 41.5 Å². The second-order valence-electron chi connectivity index (χ2n) is 6.08. The van der Waals surface area contributed by atoms with E-state index in [2.05, 4.69) is 55.4 Å². The average molecular weight is 255 g/mol. The molecule has 16 heavy (non-hydrogen) atoms. The van der Waals surface area contributed by atoms with Gasteiger partial charge in [0.15, 0.2) is 0 Å². The Hall–Kier alpha value is 0.0643. The van der Waals surface area contributed by atoms with Crippen molar-refractivity contribution in [3.63, 3.8) is 0 Å². The summed E-state index contributed by atoms with van der Waals surface area (Å²) in [5.74, 6) is 0. The summed E-state index contributed by atoms with van der Waals surface area (Å²) in [5, 5.41) is 0. The van der Waals surface area contributed by atoms with Crippen molar-refractivity contribution >= 4 is 0 Å². The molecular formula is C15H27Ti. The molecule has 0 aliphatic carbocycles. The first-order valence-corrected chi connectivity index (χ1v) is 5.37. The molecule has 0 heterocycles. The number of hydrogen-bond donors (Lipinski definition) is 0. The quantitative estimate of drug-likeness (QED) is 0.445. The maximum Gasteiger partial charge on any atom is 3.00 e. The molecule has 0 aliphatic heterocycles. The van der Waals surface area contributed by atoms with Gasteiger partial charge in [-0.05, 0) is 0 Å². The summed E-state index contributed by atoms with van der Waals surface area (Å²) >= 11 is 0. The third kappa shape index (κ3) is 93.6. The first-order chi connectivity index (χ1) is 6.50. The number of hydrogen-bond acceptors (Lipinski definition) is 0. The van der Waals surface area contributed by atoms with Crippen LogP contribution in [0.4, 0.5) is 0 Å². The van der Waals surface area contributed by atoms with Crippen molar-refractivity contribution in [3.05, 3.63) is 44.2 Å². The average Bonchev–Trinajstić information content (AvgIpc) is 2.28. The van der Waals surface area contributed by atoms with Gasteiger partial charge in [-0.15, -0.1) is 0 Å². The minimum Gasteiger partial charge on any atom is -0.338 e. The van der Waals surface area contributed by atoms with E-state index >= 15 is 0 Å². The molecule has 1 radical (unpaired) electrons. The Bertz CT molecular complexity index is 155. The molecule has 1 heteroatoms. The fourth-order valence-corrected chi connectivity index (χ4v) is 0.321. The molecule has 0 aliphatic rings. The summed E-state index contributed by atoms with van der Waals surface area (Å²) in [5.41, 5.74) is 0.500. The maximum atomic E-state index is 3.77. The van der Waals surface area contributed by atoms with Crippen molar-refractivity contribution in [2.75, 3.05) is 0 Å². The van der Waals surface area contributed by atoms with E-state index in [4.69, 9.17) is 0 Å². The molecule has 0 spiro atoms. The summed E-state index contributed by atoms with van der Waals surface area (Å²) in [6.07, 6.45) is 0. The van der Waals surface area contributed by atoms with Crippen LogP contribution in [-0.2, 0) is 21.7 Å². The summed E-state index contributed by atoms with van der Waals surface area (Å²) < 4.78 is 0. The molecule has 91 valence electrons. The predicted octanol–water partition coefficient (Wildman–Crippen LogP) is 5.14. The monoisotopic (exact) mass is 255 g/mol.